The molecular formula is C17H25NO2. The maximum Gasteiger partial charge on any atom is 0.168 e. The lowest BCUT2D eigenvalue weighted by molar-refractivity contribution is -0.179. The fourth-order valence-electron chi connectivity index (χ4n) is 3.20. The first-order chi connectivity index (χ1) is 9.80. The van der Waals surface area contributed by atoms with E-state index in [1.807, 2.05) is 0 Å². The largest absolute Gasteiger partial charge is 0.348 e. The molecule has 2 aliphatic rings. The van der Waals surface area contributed by atoms with Crippen LogP contribution in [0.2, 0.25) is 0 Å². The van der Waals surface area contributed by atoms with Crippen LogP contribution in [0.25, 0.3) is 0 Å². The van der Waals surface area contributed by atoms with Crippen LogP contribution in [0.3, 0.4) is 0 Å². The second-order valence-corrected chi connectivity index (χ2v) is 5.93. The third-order valence-electron chi connectivity index (χ3n) is 4.59. The second kappa shape index (κ2) is 6.25. The Kier molecular flexibility index (Phi) is 4.39. The molecule has 20 heavy (non-hydrogen) atoms. The van der Waals surface area contributed by atoms with Gasteiger partial charge in [0.1, 0.15) is 0 Å². The third-order valence-corrected chi connectivity index (χ3v) is 4.59. The molecule has 1 aliphatic carbocycles. The molecule has 0 radical (unpaired) electrons. The highest BCUT2D eigenvalue weighted by Crippen LogP contribution is 2.35. The van der Waals surface area contributed by atoms with Gasteiger partial charge in [-0.1, -0.05) is 31.2 Å². The van der Waals surface area contributed by atoms with Crippen LogP contribution in [0.4, 0.5) is 0 Å². The average Bonchev–Trinajstić information content (AvgIpc) is 2.96. The molecule has 0 unspecified atom stereocenters. The molecule has 1 aromatic carbocycles. The van der Waals surface area contributed by atoms with E-state index in [0.29, 0.717) is 6.04 Å². The molecule has 0 atom stereocenters. The van der Waals surface area contributed by atoms with E-state index in [1.165, 1.54) is 11.1 Å². The third kappa shape index (κ3) is 3.22. The van der Waals surface area contributed by atoms with Crippen LogP contribution in [0.1, 0.15) is 43.7 Å². The van der Waals surface area contributed by atoms with E-state index in [2.05, 4.69) is 36.5 Å². The molecule has 0 aromatic heterocycles. The van der Waals surface area contributed by atoms with Gasteiger partial charge < -0.3 is 14.8 Å². The van der Waals surface area contributed by atoms with Crippen molar-refractivity contribution in [3.05, 3.63) is 35.4 Å². The van der Waals surface area contributed by atoms with Crippen LogP contribution in [-0.2, 0) is 22.4 Å². The Hall–Kier alpha value is -0.900. The van der Waals surface area contributed by atoms with Gasteiger partial charge in [-0.05, 0) is 30.4 Å². The summed E-state index contributed by atoms with van der Waals surface area (Å²) in [6.07, 6.45) is 5.46. The zero-order valence-electron chi connectivity index (χ0n) is 12.4. The number of nitrogens with one attached hydrogen (secondary N) is 1. The summed E-state index contributed by atoms with van der Waals surface area (Å²) in [5.74, 6) is -0.235. The minimum atomic E-state index is -0.235. The van der Waals surface area contributed by atoms with Crippen molar-refractivity contribution in [1.82, 2.24) is 5.32 Å². The Morgan fingerprint density at radius 1 is 1.05 bits per heavy atom. The van der Waals surface area contributed by atoms with Gasteiger partial charge in [-0.3, -0.25) is 0 Å². The Morgan fingerprint density at radius 2 is 1.65 bits per heavy atom. The molecule has 1 N–H and O–H groups in total. The highest BCUT2D eigenvalue weighted by Gasteiger charge is 2.40. The molecule has 110 valence electrons. The molecule has 1 saturated carbocycles. The molecule has 1 saturated heterocycles. The maximum atomic E-state index is 5.77. The van der Waals surface area contributed by atoms with Crippen molar-refractivity contribution in [3.8, 4) is 0 Å². The van der Waals surface area contributed by atoms with E-state index < -0.39 is 0 Å². The quantitative estimate of drug-likeness (QED) is 0.916. The van der Waals surface area contributed by atoms with Gasteiger partial charge in [-0.2, -0.15) is 0 Å². The number of hydrogen-bond donors (Lipinski definition) is 1. The molecule has 3 rings (SSSR count). The summed E-state index contributed by atoms with van der Waals surface area (Å²) < 4.78 is 11.5. The molecule has 1 aliphatic heterocycles. The first kappa shape index (κ1) is 14.1. The van der Waals surface area contributed by atoms with Gasteiger partial charge in [0.25, 0.3) is 0 Å². The summed E-state index contributed by atoms with van der Waals surface area (Å²) in [5.41, 5.74) is 2.78. The first-order valence-electron chi connectivity index (χ1n) is 7.89. The van der Waals surface area contributed by atoms with E-state index in [1.54, 1.807) is 0 Å². The summed E-state index contributed by atoms with van der Waals surface area (Å²) in [7, 11) is 0. The summed E-state index contributed by atoms with van der Waals surface area (Å²) >= 11 is 0. The van der Waals surface area contributed by atoms with Crippen LogP contribution < -0.4 is 5.32 Å². The number of rotatable bonds is 4. The topological polar surface area (TPSA) is 30.5 Å². The highest BCUT2D eigenvalue weighted by atomic mass is 16.7. The Balaban J connectivity index is 1.45. The van der Waals surface area contributed by atoms with E-state index in [0.717, 1.165) is 51.9 Å². The van der Waals surface area contributed by atoms with Crippen LogP contribution in [0.15, 0.2) is 24.3 Å². The Labute approximate surface area is 121 Å². The molecule has 3 heteroatoms. The number of aryl methyl sites for hydroxylation is 1. The molecule has 3 nitrogen and oxygen atoms in total. The summed E-state index contributed by atoms with van der Waals surface area (Å²) in [4.78, 5) is 0. The standard InChI is InChI=1S/C17H25NO2/c1-2-14-3-5-15(6-4-14)13-18-16-7-9-17(10-8-16)19-11-12-20-17/h3-6,16,18H,2,7-13H2,1H3. The number of benzene rings is 1. The van der Waals surface area contributed by atoms with Crippen LogP contribution >= 0.6 is 0 Å². The first-order valence-corrected chi connectivity index (χ1v) is 7.89. The van der Waals surface area contributed by atoms with E-state index in [4.69, 9.17) is 9.47 Å². The molecule has 0 bridgehead atoms. The lowest BCUT2D eigenvalue weighted by Crippen LogP contribution is -2.41. The number of hydrogen-bond acceptors (Lipinski definition) is 3. The SMILES string of the molecule is CCc1ccc(CNC2CCC3(CC2)OCCO3)cc1. The molecule has 0 amide bonds. The van der Waals surface area contributed by atoms with Crippen molar-refractivity contribution in [1.29, 1.82) is 0 Å². The monoisotopic (exact) mass is 275 g/mol. The van der Waals surface area contributed by atoms with Crippen molar-refractivity contribution in [2.45, 2.75) is 57.4 Å². The normalized spacial score (nSPS) is 22.4. The van der Waals surface area contributed by atoms with Gasteiger partial charge in [0, 0.05) is 25.4 Å². The van der Waals surface area contributed by atoms with Crippen molar-refractivity contribution in [2.24, 2.45) is 0 Å². The number of ether oxygens (including phenoxy) is 2. The zero-order valence-corrected chi connectivity index (χ0v) is 12.4. The predicted octanol–water partition coefficient (Wildman–Crippen LogP) is 3.02. The second-order valence-electron chi connectivity index (χ2n) is 5.93. The summed E-state index contributed by atoms with van der Waals surface area (Å²) in [6.45, 7) is 4.69. The van der Waals surface area contributed by atoms with Crippen molar-refractivity contribution in [3.63, 3.8) is 0 Å². The highest BCUT2D eigenvalue weighted by molar-refractivity contribution is 5.22. The fraction of sp³-hybridized carbons (Fsp3) is 0.647. The Bertz CT molecular complexity index is 413. The predicted molar refractivity (Wildman–Crippen MR) is 79.6 cm³/mol. The minimum absolute atomic E-state index is 0.235. The minimum Gasteiger partial charge on any atom is -0.348 e. The Morgan fingerprint density at radius 3 is 2.25 bits per heavy atom. The zero-order chi connectivity index (χ0) is 13.8. The molecule has 1 spiro atoms. The van der Waals surface area contributed by atoms with E-state index in [9.17, 15) is 0 Å². The lowest BCUT2D eigenvalue weighted by Gasteiger charge is -2.35. The van der Waals surface area contributed by atoms with Crippen LogP contribution in [0, 0.1) is 0 Å². The van der Waals surface area contributed by atoms with Gasteiger partial charge >= 0.3 is 0 Å². The van der Waals surface area contributed by atoms with Crippen LogP contribution in [0.5, 0.6) is 0 Å². The van der Waals surface area contributed by atoms with Gasteiger partial charge in [0.15, 0.2) is 5.79 Å². The maximum absolute atomic E-state index is 5.77. The molecular weight excluding hydrogens is 250 g/mol. The van der Waals surface area contributed by atoms with Gasteiger partial charge in [-0.25, -0.2) is 0 Å². The van der Waals surface area contributed by atoms with Gasteiger partial charge in [0.2, 0.25) is 0 Å². The van der Waals surface area contributed by atoms with Crippen molar-refractivity contribution < 1.29 is 9.47 Å². The fourth-order valence-corrected chi connectivity index (χ4v) is 3.20. The van der Waals surface area contributed by atoms with E-state index >= 15 is 0 Å². The smallest absolute Gasteiger partial charge is 0.168 e. The van der Waals surface area contributed by atoms with Crippen molar-refractivity contribution in [2.75, 3.05) is 13.2 Å². The van der Waals surface area contributed by atoms with Gasteiger partial charge in [-0.15, -0.1) is 0 Å². The van der Waals surface area contributed by atoms with Gasteiger partial charge in [0.05, 0.1) is 13.2 Å². The average molecular weight is 275 g/mol. The van der Waals surface area contributed by atoms with Crippen LogP contribution in [-0.4, -0.2) is 25.0 Å². The summed E-state index contributed by atoms with van der Waals surface area (Å²) in [6, 6.07) is 9.53. The molecule has 1 aromatic rings. The van der Waals surface area contributed by atoms with Crippen molar-refractivity contribution >= 4 is 0 Å². The molecule has 1 heterocycles. The summed E-state index contributed by atoms with van der Waals surface area (Å²) in [5, 5.41) is 3.67. The van der Waals surface area contributed by atoms with E-state index in [-0.39, 0.29) is 5.79 Å². The molecule has 2 fully saturated rings. The lowest BCUT2D eigenvalue weighted by atomic mass is 9.90.